The maximum Gasteiger partial charge on any atom is 0.107 e. The summed E-state index contributed by atoms with van der Waals surface area (Å²) in [5, 5.41) is 0. The number of ether oxygens (including phenoxy) is 20. The van der Waals surface area contributed by atoms with Crippen LogP contribution in [-0.2, 0) is 94.7 Å². The van der Waals surface area contributed by atoms with Gasteiger partial charge in [0.2, 0.25) is 0 Å². The molecule has 0 N–H and O–H groups in total. The minimum Gasteiger partial charge on any atom is -0.385 e. The summed E-state index contributed by atoms with van der Waals surface area (Å²) in [5.74, 6) is 10.7. The van der Waals surface area contributed by atoms with Crippen LogP contribution in [0.4, 0.5) is 0 Å². The first kappa shape index (κ1) is 187. The maximum absolute atomic E-state index is 5.14. The van der Waals surface area contributed by atoms with Crippen molar-refractivity contribution in [1.29, 1.82) is 0 Å². The van der Waals surface area contributed by atoms with E-state index in [1.165, 1.54) is 160 Å². The molecule has 0 aromatic carbocycles. The predicted molar refractivity (Wildman–Crippen MR) is 630 cm³/mol. The molecular formula is C121H272O20. The van der Waals surface area contributed by atoms with Crippen molar-refractivity contribution >= 4 is 0 Å². The van der Waals surface area contributed by atoms with Crippen LogP contribution in [0.5, 0.6) is 0 Å². The number of hydrogen-bond acceptors (Lipinski definition) is 20. The summed E-state index contributed by atoms with van der Waals surface area (Å²) in [6, 6.07) is 0. The molecule has 0 radical (unpaired) electrons. The largest absolute Gasteiger partial charge is 0.385 e. The molecule has 0 bridgehead atoms. The average molecular weight is 2050 g/mol. The molecule has 0 amide bonds. The Morgan fingerprint density at radius 2 is 0.709 bits per heavy atom. The normalized spacial score (nSPS) is 11.4. The lowest BCUT2D eigenvalue weighted by Gasteiger charge is -2.16. The van der Waals surface area contributed by atoms with E-state index < -0.39 is 0 Å². The average Bonchev–Trinajstić information content (AvgIpc) is 1.00. The van der Waals surface area contributed by atoms with Gasteiger partial charge in [0, 0.05) is 221 Å². The van der Waals surface area contributed by atoms with Gasteiger partial charge in [-0.1, -0.05) is 313 Å². The highest BCUT2D eigenvalue weighted by atomic mass is 16.5. The van der Waals surface area contributed by atoms with Crippen molar-refractivity contribution in [1.82, 2.24) is 0 Å². The number of methoxy groups -OCH3 is 20. The quantitative estimate of drug-likeness (QED) is 0.0318. The fraction of sp³-hybridized carbons (Fsp3) is 0.934. The van der Waals surface area contributed by atoms with E-state index in [2.05, 4.69) is 252 Å². The standard InChI is InChI=1S/8C7H16O.2C6H14O.C6H12O.3C6H14O.2C5H12O.2C5H10O.C5H8O.C4H10O/c1-7(2,3)5-6-8-4;1-6(2)5-7(3)8-4;1-7(2)5-4-6-8-3;1-4-7(2)5-6-8-3;1-4-5-7(2)6-8-3;1-4-5-6-7(2)8-3;1-4-6-7(5-2)8-3;1-3-4-5-6-7-8-2;1-6(2,3)5-7-4;2*1-6(2)4-5-7-3;1-4-6(2)5-7-3;1-4-5-6(2)7-3;1-3-4-5-6-7-2;1-5(2)4-6-3;4*1-3-4-5-6-2;1-3-4-5-2/h5-6H2,1-4H3;6-7H,5H2,1-4H3;5*7H,4-6H2,1-3H3;3-7H2,1-2H3;5H2,1-4H3;6H,4-5H2,1-3H3;4H,5H2,1-3H3;2*6H,4-5H2,1-3H3;3-6H2,1-2H3;5H,4H2,1-3H3;3-5H2,1-2H3;3-4H,5H2,1-2H3;3H,1,4-5H2,2H3;5H2,1-2H3;3-4H2,1-2H3/b;;;;;;;;;;;;;;;;4-3+;;;. The molecule has 0 rings (SSSR count). The van der Waals surface area contributed by atoms with Crippen molar-refractivity contribution in [2.45, 2.75) is 453 Å². The zero-order chi connectivity index (χ0) is 114. The van der Waals surface area contributed by atoms with Gasteiger partial charge in [0.25, 0.3) is 0 Å². The highest BCUT2D eigenvalue weighted by molar-refractivity contribution is 4.94. The third kappa shape index (κ3) is 337. The number of allylic oxidation sites excluding steroid dienone is 2. The third-order valence-electron chi connectivity index (χ3n) is 18.5. The first-order chi connectivity index (χ1) is 66.7. The number of hydrogen-bond donors (Lipinski definition) is 0. The molecule has 20 heteroatoms. The van der Waals surface area contributed by atoms with Gasteiger partial charge < -0.3 is 94.7 Å². The van der Waals surface area contributed by atoms with E-state index in [1.807, 2.05) is 31.2 Å². The van der Waals surface area contributed by atoms with Crippen LogP contribution in [0.15, 0.2) is 36.5 Å². The molecule has 20 nitrogen and oxygen atoms in total. The van der Waals surface area contributed by atoms with Crippen molar-refractivity contribution in [3.63, 3.8) is 0 Å². The molecule has 7 unspecified atom stereocenters. The van der Waals surface area contributed by atoms with Gasteiger partial charge >= 0.3 is 0 Å². The van der Waals surface area contributed by atoms with Crippen LogP contribution in [0, 0.1) is 64.1 Å². The Morgan fingerprint density at radius 1 is 0.305 bits per heavy atom. The molecule has 141 heavy (non-hydrogen) atoms. The molecule has 0 aliphatic rings. The van der Waals surface area contributed by atoms with Crippen LogP contribution in [0.3, 0.4) is 0 Å². The van der Waals surface area contributed by atoms with Gasteiger partial charge in [-0.2, -0.15) is 0 Å². The van der Waals surface area contributed by atoms with Gasteiger partial charge in [-0.05, 0) is 203 Å². The summed E-state index contributed by atoms with van der Waals surface area (Å²) in [6.07, 6.45) is 45.1. The van der Waals surface area contributed by atoms with Gasteiger partial charge in [-0.25, -0.2) is 0 Å². The van der Waals surface area contributed by atoms with E-state index in [9.17, 15) is 0 Å². The van der Waals surface area contributed by atoms with E-state index in [1.54, 1.807) is 149 Å². The molecule has 0 aromatic rings. The second kappa shape index (κ2) is 189. The van der Waals surface area contributed by atoms with Crippen LogP contribution in [-0.4, -0.2) is 272 Å². The molecule has 0 aromatic heterocycles. The second-order valence-electron chi connectivity index (χ2n) is 39.0. The summed E-state index contributed by atoms with van der Waals surface area (Å²) in [6.45, 7) is 92.5. The van der Waals surface area contributed by atoms with Crippen LogP contribution < -0.4 is 0 Å². The number of rotatable bonds is 59. The van der Waals surface area contributed by atoms with Gasteiger partial charge in [-0.3, -0.25) is 0 Å². The van der Waals surface area contributed by atoms with E-state index in [4.69, 9.17) is 90.0 Å². The lowest BCUT2D eigenvalue weighted by molar-refractivity contribution is 0.0915. The highest BCUT2D eigenvalue weighted by Gasteiger charge is 2.09. The molecular weight excluding hydrogens is 1770 g/mol. The van der Waals surface area contributed by atoms with Crippen LogP contribution in [0.2, 0.25) is 0 Å². The van der Waals surface area contributed by atoms with Gasteiger partial charge in [0.05, 0.1) is 44.2 Å². The SMILES string of the molecule is C/C=C/COC.C=CCCOC.CC#CCOC.CCC(C)CCOC.CCC(C)COC.CCCC(C)COC.CCCC(C)OC.CCCC(CC)OC.CCCCC(C)OC.CCCCCCOC.CCCCCOC.CCCCOC.CCCOC.COC(C)CC(C)C.COCC(C)(C)C.COCC(C)C.COCC=C(C)C.COCCC(C)(C)C.COCCC(C)C.COCCCC(C)C. The summed E-state index contributed by atoms with van der Waals surface area (Å²) >= 11 is 0. The van der Waals surface area contributed by atoms with Crippen molar-refractivity contribution in [3.05, 3.63) is 36.5 Å². The van der Waals surface area contributed by atoms with Crippen LogP contribution >= 0.6 is 0 Å². The van der Waals surface area contributed by atoms with Crippen LogP contribution in [0.25, 0.3) is 0 Å². The molecule has 876 valence electrons. The third-order valence-corrected chi connectivity index (χ3v) is 18.5. The second-order valence-corrected chi connectivity index (χ2v) is 39.0. The molecule has 0 fully saturated rings. The Hall–Kier alpha value is -2.02. The Labute approximate surface area is 891 Å². The Bertz CT molecular complexity index is 1880. The molecule has 7 atom stereocenters. The Kier molecular flexibility index (Phi) is 251. The predicted octanol–water partition coefficient (Wildman–Crippen LogP) is 34.1. The van der Waals surface area contributed by atoms with Crippen molar-refractivity contribution in [2.24, 2.45) is 52.3 Å². The molecule has 0 aliphatic carbocycles. The van der Waals surface area contributed by atoms with Crippen molar-refractivity contribution in [3.8, 4) is 11.8 Å². The molecule has 0 aliphatic heterocycles. The lowest BCUT2D eigenvalue weighted by atomic mass is 9.93. The summed E-state index contributed by atoms with van der Waals surface area (Å²) in [5.41, 5.74) is 2.06. The van der Waals surface area contributed by atoms with E-state index in [-0.39, 0.29) is 0 Å². The molecule has 0 saturated carbocycles. The van der Waals surface area contributed by atoms with Gasteiger partial charge in [0.15, 0.2) is 0 Å². The molecule has 0 heterocycles. The summed E-state index contributed by atoms with van der Waals surface area (Å²) in [7, 11) is 34.6. The topological polar surface area (TPSA) is 185 Å². The zero-order valence-corrected chi connectivity index (χ0v) is 107. The first-order valence-corrected chi connectivity index (χ1v) is 54.9. The molecule has 0 spiro atoms. The van der Waals surface area contributed by atoms with Crippen molar-refractivity contribution < 1.29 is 94.7 Å². The Morgan fingerprint density at radius 3 is 0.915 bits per heavy atom. The van der Waals surface area contributed by atoms with Gasteiger partial charge in [-0.15, -0.1) is 12.5 Å². The first-order valence-electron chi connectivity index (χ1n) is 54.9. The monoisotopic (exact) mass is 2050 g/mol. The Balaban J connectivity index is -0.0000000608. The lowest BCUT2D eigenvalue weighted by Crippen LogP contribution is -2.12. The van der Waals surface area contributed by atoms with E-state index in [0.29, 0.717) is 47.8 Å². The van der Waals surface area contributed by atoms with E-state index >= 15 is 0 Å². The fourth-order valence-corrected chi connectivity index (χ4v) is 9.11. The fourth-order valence-electron chi connectivity index (χ4n) is 9.11. The van der Waals surface area contributed by atoms with E-state index in [0.717, 1.165) is 167 Å². The summed E-state index contributed by atoms with van der Waals surface area (Å²) < 4.78 is 97.4. The summed E-state index contributed by atoms with van der Waals surface area (Å²) in [4.78, 5) is 0. The highest BCUT2D eigenvalue weighted by Crippen LogP contribution is 2.18. The smallest absolute Gasteiger partial charge is 0.107 e. The number of unbranched alkanes of at least 4 members (excludes halogenated alkanes) is 7. The van der Waals surface area contributed by atoms with Gasteiger partial charge in [0.1, 0.15) is 6.61 Å². The van der Waals surface area contributed by atoms with Crippen LogP contribution in [0.1, 0.15) is 429 Å². The maximum atomic E-state index is 5.14. The molecule has 0 saturated heterocycles. The minimum absolute atomic E-state index is 0.328. The zero-order valence-electron chi connectivity index (χ0n) is 107. The van der Waals surface area contributed by atoms with Crippen molar-refractivity contribution in [2.75, 3.05) is 248 Å². The minimum atomic E-state index is 0.328.